The van der Waals surface area contributed by atoms with E-state index in [0.29, 0.717) is 12.1 Å². The SMILES string of the molecule is CNS(=O)(=O)CCNc1cccc(C#N)c1. The van der Waals surface area contributed by atoms with Crippen LogP contribution in [0.2, 0.25) is 0 Å². The van der Waals surface area contributed by atoms with Gasteiger partial charge in [-0.2, -0.15) is 5.26 Å². The van der Waals surface area contributed by atoms with E-state index in [1.807, 2.05) is 6.07 Å². The molecule has 0 spiro atoms. The molecule has 86 valence electrons. The number of hydrogen-bond acceptors (Lipinski definition) is 4. The van der Waals surface area contributed by atoms with Crippen LogP contribution in [0, 0.1) is 11.3 Å². The summed E-state index contributed by atoms with van der Waals surface area (Å²) in [7, 11) is -1.80. The predicted molar refractivity (Wildman–Crippen MR) is 62.5 cm³/mol. The maximum atomic E-state index is 11.1. The lowest BCUT2D eigenvalue weighted by molar-refractivity contribution is 0.588. The summed E-state index contributed by atoms with van der Waals surface area (Å²) in [5.74, 6) is 0.000279. The van der Waals surface area contributed by atoms with Crippen LogP contribution in [-0.4, -0.2) is 27.8 Å². The van der Waals surface area contributed by atoms with E-state index in [-0.39, 0.29) is 5.75 Å². The third-order valence-electron chi connectivity index (χ3n) is 2.00. The van der Waals surface area contributed by atoms with Gasteiger partial charge in [0.15, 0.2) is 0 Å². The van der Waals surface area contributed by atoms with Crippen molar-refractivity contribution in [2.75, 3.05) is 24.7 Å². The molecule has 0 bridgehead atoms. The molecule has 1 rings (SSSR count). The molecule has 0 atom stereocenters. The highest BCUT2D eigenvalue weighted by Gasteiger charge is 2.05. The van der Waals surface area contributed by atoms with Crippen molar-refractivity contribution in [2.24, 2.45) is 0 Å². The first kappa shape index (κ1) is 12.5. The lowest BCUT2D eigenvalue weighted by Gasteiger charge is -2.06. The fourth-order valence-corrected chi connectivity index (χ4v) is 1.71. The Morgan fingerprint density at radius 3 is 2.81 bits per heavy atom. The van der Waals surface area contributed by atoms with Gasteiger partial charge in [-0.25, -0.2) is 13.1 Å². The highest BCUT2D eigenvalue weighted by Crippen LogP contribution is 2.09. The predicted octanol–water partition coefficient (Wildman–Crippen LogP) is 0.519. The topological polar surface area (TPSA) is 82.0 Å². The summed E-state index contributed by atoms with van der Waals surface area (Å²) in [5, 5.41) is 11.6. The van der Waals surface area contributed by atoms with Crippen molar-refractivity contribution in [3.8, 4) is 6.07 Å². The highest BCUT2D eigenvalue weighted by atomic mass is 32.2. The van der Waals surface area contributed by atoms with Crippen LogP contribution in [0.15, 0.2) is 24.3 Å². The van der Waals surface area contributed by atoms with Gasteiger partial charge in [0.25, 0.3) is 0 Å². The first-order valence-corrected chi connectivity index (χ1v) is 6.38. The average molecular weight is 239 g/mol. The number of rotatable bonds is 5. The monoisotopic (exact) mass is 239 g/mol. The van der Waals surface area contributed by atoms with Crippen LogP contribution in [0.4, 0.5) is 5.69 Å². The van der Waals surface area contributed by atoms with E-state index in [1.165, 1.54) is 7.05 Å². The Morgan fingerprint density at radius 1 is 1.44 bits per heavy atom. The fourth-order valence-electron chi connectivity index (χ4n) is 1.13. The molecular weight excluding hydrogens is 226 g/mol. The second-order valence-corrected chi connectivity index (χ2v) is 5.19. The molecule has 0 aromatic heterocycles. The standard InChI is InChI=1S/C10H13N3O2S/c1-12-16(14,15)6-5-13-10-4-2-3-9(7-10)8-11/h2-4,7,12-13H,5-6H2,1H3. The average Bonchev–Trinajstić information content (AvgIpc) is 2.29. The Labute approximate surface area is 95.1 Å². The van der Waals surface area contributed by atoms with E-state index in [1.54, 1.807) is 24.3 Å². The van der Waals surface area contributed by atoms with Crippen molar-refractivity contribution >= 4 is 15.7 Å². The Kier molecular flexibility index (Phi) is 4.28. The van der Waals surface area contributed by atoms with E-state index < -0.39 is 10.0 Å². The maximum Gasteiger partial charge on any atom is 0.213 e. The minimum absolute atomic E-state index is 0.000279. The molecule has 0 aliphatic heterocycles. The van der Waals surface area contributed by atoms with Crippen LogP contribution in [0.3, 0.4) is 0 Å². The lowest BCUT2D eigenvalue weighted by atomic mass is 10.2. The molecule has 0 unspecified atom stereocenters. The maximum absolute atomic E-state index is 11.1. The van der Waals surface area contributed by atoms with Gasteiger partial charge in [-0.1, -0.05) is 6.07 Å². The quantitative estimate of drug-likeness (QED) is 0.784. The minimum Gasteiger partial charge on any atom is -0.384 e. The zero-order chi connectivity index (χ0) is 12.0. The first-order valence-electron chi connectivity index (χ1n) is 4.72. The zero-order valence-electron chi connectivity index (χ0n) is 8.90. The summed E-state index contributed by atoms with van der Waals surface area (Å²) in [6.07, 6.45) is 0. The summed E-state index contributed by atoms with van der Waals surface area (Å²) in [5.41, 5.74) is 1.28. The van der Waals surface area contributed by atoms with E-state index in [0.717, 1.165) is 5.69 Å². The summed E-state index contributed by atoms with van der Waals surface area (Å²) in [6.45, 7) is 0.304. The van der Waals surface area contributed by atoms with Crippen LogP contribution in [-0.2, 0) is 10.0 Å². The summed E-state index contributed by atoms with van der Waals surface area (Å²) in [6, 6.07) is 8.91. The van der Waals surface area contributed by atoms with Gasteiger partial charge in [-0.15, -0.1) is 0 Å². The Balaban J connectivity index is 2.53. The van der Waals surface area contributed by atoms with Gasteiger partial charge in [0.2, 0.25) is 10.0 Å². The molecule has 0 heterocycles. The number of sulfonamides is 1. The lowest BCUT2D eigenvalue weighted by Crippen LogP contribution is -2.26. The van der Waals surface area contributed by atoms with Crippen LogP contribution >= 0.6 is 0 Å². The van der Waals surface area contributed by atoms with Crippen molar-refractivity contribution in [3.63, 3.8) is 0 Å². The molecule has 0 fully saturated rings. The van der Waals surface area contributed by atoms with Gasteiger partial charge < -0.3 is 5.32 Å². The number of hydrogen-bond donors (Lipinski definition) is 2. The molecular formula is C10H13N3O2S. The van der Waals surface area contributed by atoms with Gasteiger partial charge in [-0.3, -0.25) is 0 Å². The van der Waals surface area contributed by atoms with Gasteiger partial charge in [0.05, 0.1) is 17.4 Å². The molecule has 1 aromatic carbocycles. The molecule has 0 radical (unpaired) electrons. The smallest absolute Gasteiger partial charge is 0.213 e. The highest BCUT2D eigenvalue weighted by molar-refractivity contribution is 7.89. The molecule has 16 heavy (non-hydrogen) atoms. The second-order valence-electron chi connectivity index (χ2n) is 3.14. The van der Waals surface area contributed by atoms with Crippen molar-refractivity contribution in [1.82, 2.24) is 4.72 Å². The number of nitrogens with zero attached hydrogens (tertiary/aromatic N) is 1. The molecule has 0 saturated heterocycles. The molecule has 6 heteroatoms. The van der Waals surface area contributed by atoms with Crippen molar-refractivity contribution in [1.29, 1.82) is 5.26 Å². The second kappa shape index (κ2) is 5.49. The van der Waals surface area contributed by atoms with E-state index in [2.05, 4.69) is 10.0 Å². The summed E-state index contributed by atoms with van der Waals surface area (Å²) >= 11 is 0. The van der Waals surface area contributed by atoms with Crippen molar-refractivity contribution in [2.45, 2.75) is 0 Å². The number of benzene rings is 1. The minimum atomic E-state index is -3.18. The molecule has 2 N–H and O–H groups in total. The van der Waals surface area contributed by atoms with Crippen molar-refractivity contribution in [3.05, 3.63) is 29.8 Å². The molecule has 0 saturated carbocycles. The van der Waals surface area contributed by atoms with E-state index in [4.69, 9.17) is 5.26 Å². The molecule has 1 aromatic rings. The van der Waals surface area contributed by atoms with Gasteiger partial charge in [0.1, 0.15) is 0 Å². The van der Waals surface area contributed by atoms with Crippen LogP contribution in [0.5, 0.6) is 0 Å². The number of nitriles is 1. The third-order valence-corrected chi connectivity index (χ3v) is 3.37. The molecule has 5 nitrogen and oxygen atoms in total. The molecule has 0 amide bonds. The van der Waals surface area contributed by atoms with Crippen molar-refractivity contribution < 1.29 is 8.42 Å². The fraction of sp³-hybridized carbons (Fsp3) is 0.300. The van der Waals surface area contributed by atoms with E-state index >= 15 is 0 Å². The third kappa shape index (κ3) is 3.88. The van der Waals surface area contributed by atoms with Crippen LogP contribution in [0.25, 0.3) is 0 Å². The Hall–Kier alpha value is -1.58. The van der Waals surface area contributed by atoms with Crippen LogP contribution < -0.4 is 10.0 Å². The Morgan fingerprint density at radius 2 is 2.19 bits per heavy atom. The van der Waals surface area contributed by atoms with Gasteiger partial charge in [0, 0.05) is 12.2 Å². The largest absolute Gasteiger partial charge is 0.384 e. The number of nitrogens with one attached hydrogen (secondary N) is 2. The first-order chi connectivity index (χ1) is 7.57. The summed E-state index contributed by atoms with van der Waals surface area (Å²) < 4.78 is 24.4. The van der Waals surface area contributed by atoms with Gasteiger partial charge >= 0.3 is 0 Å². The van der Waals surface area contributed by atoms with E-state index in [9.17, 15) is 8.42 Å². The van der Waals surface area contributed by atoms with Gasteiger partial charge in [-0.05, 0) is 25.2 Å². The van der Waals surface area contributed by atoms with Crippen LogP contribution in [0.1, 0.15) is 5.56 Å². The normalized spacial score (nSPS) is 10.8. The molecule has 0 aliphatic carbocycles. The zero-order valence-corrected chi connectivity index (χ0v) is 9.71. The molecule has 0 aliphatic rings. The Bertz CT molecular complexity index is 491. The summed E-state index contributed by atoms with van der Waals surface area (Å²) in [4.78, 5) is 0. The number of anilines is 1.